The van der Waals surface area contributed by atoms with Crippen molar-refractivity contribution in [2.75, 3.05) is 12.4 Å². The maximum Gasteiger partial charge on any atom is 0.513 e. The fraction of sp³-hybridized carbons (Fsp3) is 0.143. The first-order chi connectivity index (χ1) is 11.1. The monoisotopic (exact) mass is 354 g/mol. The van der Waals surface area contributed by atoms with Gasteiger partial charge in [0.25, 0.3) is 5.69 Å². The van der Waals surface area contributed by atoms with Crippen molar-refractivity contribution in [3.63, 3.8) is 0 Å². The van der Waals surface area contributed by atoms with E-state index in [0.29, 0.717) is 10.8 Å². The van der Waals surface area contributed by atoms with Gasteiger partial charge in [0.2, 0.25) is 0 Å². The zero-order valence-corrected chi connectivity index (χ0v) is 13.7. The summed E-state index contributed by atoms with van der Waals surface area (Å²) in [5.74, 6) is 0.707. The molecule has 7 nitrogen and oxygen atoms in total. The van der Waals surface area contributed by atoms with E-state index in [0.717, 1.165) is 0 Å². The summed E-state index contributed by atoms with van der Waals surface area (Å²) in [5, 5.41) is 11.2. The number of benzene rings is 1. The van der Waals surface area contributed by atoms with Crippen molar-refractivity contribution in [2.24, 2.45) is 4.99 Å². The molecule has 1 aromatic rings. The van der Waals surface area contributed by atoms with Crippen molar-refractivity contribution in [1.29, 1.82) is 0 Å². The van der Waals surface area contributed by atoms with Crippen LogP contribution in [0.5, 0.6) is 5.75 Å². The number of carbonyl (C=O) groups excluding carboxylic acids is 1. The summed E-state index contributed by atoms with van der Waals surface area (Å²) in [6.07, 6.45) is 2.46. The number of allylic oxidation sites excluding steroid dienone is 2. The first-order valence-electron chi connectivity index (χ1n) is 6.24. The second-order valence-electron chi connectivity index (χ2n) is 3.76. The minimum absolute atomic E-state index is 0.0849. The van der Waals surface area contributed by atoms with Crippen molar-refractivity contribution >= 4 is 40.1 Å². The van der Waals surface area contributed by atoms with E-state index in [-0.39, 0.29) is 18.0 Å². The molecule has 0 bridgehead atoms. The van der Waals surface area contributed by atoms with Gasteiger partial charge >= 0.3 is 6.16 Å². The Hall–Kier alpha value is -2.26. The summed E-state index contributed by atoms with van der Waals surface area (Å²) < 4.78 is 9.77. The molecule has 122 valence electrons. The normalized spacial score (nSPS) is 10.7. The number of carbonyl (C=O) groups is 1. The molecule has 0 amide bonds. The lowest BCUT2D eigenvalue weighted by atomic mass is 10.3. The van der Waals surface area contributed by atoms with Gasteiger partial charge in [-0.2, -0.15) is 0 Å². The highest BCUT2D eigenvalue weighted by Gasteiger charge is 2.09. The molecule has 0 saturated carbocycles. The number of aliphatic imine (C=N–C) groups is 1. The zero-order chi connectivity index (χ0) is 17.1. The number of nitro groups is 1. The lowest BCUT2D eigenvalue weighted by molar-refractivity contribution is -0.384. The van der Waals surface area contributed by atoms with E-state index in [1.165, 1.54) is 45.9 Å². The standard InChI is InChI=1S/C14H14N2O5S2/c1-3-4-13(15-2)23-22-10-9-20-14(17)21-12-7-5-11(6-8-12)16(18)19/h3-8H,1-2,9-10H2/b13-4+. The van der Waals surface area contributed by atoms with E-state index in [4.69, 9.17) is 9.47 Å². The Balaban J connectivity index is 2.26. The van der Waals surface area contributed by atoms with Crippen LogP contribution in [0.15, 0.2) is 53.0 Å². The molecule has 0 aliphatic rings. The number of hydrogen-bond acceptors (Lipinski definition) is 8. The Labute approximate surface area is 141 Å². The average Bonchev–Trinajstić information content (AvgIpc) is 2.54. The molecule has 0 heterocycles. The van der Waals surface area contributed by atoms with Gasteiger partial charge in [0.15, 0.2) is 0 Å². The van der Waals surface area contributed by atoms with Crippen molar-refractivity contribution in [1.82, 2.24) is 0 Å². The summed E-state index contributed by atoms with van der Waals surface area (Å²) >= 11 is 0. The number of ether oxygens (including phenoxy) is 2. The van der Waals surface area contributed by atoms with Crippen LogP contribution in [0.3, 0.4) is 0 Å². The van der Waals surface area contributed by atoms with Gasteiger partial charge in [0.1, 0.15) is 17.4 Å². The third-order valence-corrected chi connectivity index (χ3v) is 4.45. The van der Waals surface area contributed by atoms with E-state index in [2.05, 4.69) is 18.3 Å². The minimum Gasteiger partial charge on any atom is -0.433 e. The number of non-ortho nitro benzene ring substituents is 1. The molecule has 0 unspecified atom stereocenters. The Morgan fingerprint density at radius 1 is 1.39 bits per heavy atom. The van der Waals surface area contributed by atoms with Gasteiger partial charge < -0.3 is 9.47 Å². The minimum atomic E-state index is -0.867. The van der Waals surface area contributed by atoms with Crippen LogP contribution in [0.4, 0.5) is 10.5 Å². The number of nitro benzene ring substituents is 1. The maximum atomic E-state index is 11.4. The molecular weight excluding hydrogens is 340 g/mol. The van der Waals surface area contributed by atoms with E-state index < -0.39 is 11.1 Å². The molecule has 9 heteroatoms. The maximum absolute atomic E-state index is 11.4. The van der Waals surface area contributed by atoms with E-state index in [1.807, 2.05) is 0 Å². The van der Waals surface area contributed by atoms with Crippen molar-refractivity contribution < 1.29 is 19.2 Å². The highest BCUT2D eigenvalue weighted by Crippen LogP contribution is 2.30. The summed E-state index contributed by atoms with van der Waals surface area (Å²) in [4.78, 5) is 25.2. The highest BCUT2D eigenvalue weighted by molar-refractivity contribution is 8.78. The van der Waals surface area contributed by atoms with Gasteiger partial charge in [-0.15, -0.1) is 0 Å². The second kappa shape index (κ2) is 10.5. The topological polar surface area (TPSA) is 91.0 Å². The second-order valence-corrected chi connectivity index (χ2v) is 6.19. The Morgan fingerprint density at radius 3 is 2.65 bits per heavy atom. The van der Waals surface area contributed by atoms with Gasteiger partial charge in [0.05, 0.1) is 4.92 Å². The van der Waals surface area contributed by atoms with E-state index >= 15 is 0 Å². The molecule has 0 fully saturated rings. The Morgan fingerprint density at radius 2 is 2.09 bits per heavy atom. The Kier molecular flexibility index (Phi) is 8.55. The number of hydrogen-bond donors (Lipinski definition) is 0. The molecule has 0 saturated heterocycles. The summed E-state index contributed by atoms with van der Waals surface area (Å²) in [6, 6.07) is 5.13. The molecule has 0 aromatic heterocycles. The fourth-order valence-corrected chi connectivity index (χ4v) is 2.93. The summed E-state index contributed by atoms with van der Waals surface area (Å²) in [7, 11) is 2.83. The quantitative estimate of drug-likeness (QED) is 0.0958. The zero-order valence-electron chi connectivity index (χ0n) is 12.0. The SMILES string of the molecule is C=C/C=C(\N=C)SSCCOC(=O)Oc1ccc([N+](=O)[O-])cc1. The van der Waals surface area contributed by atoms with E-state index in [1.54, 1.807) is 12.2 Å². The molecule has 23 heavy (non-hydrogen) atoms. The average molecular weight is 354 g/mol. The summed E-state index contributed by atoms with van der Waals surface area (Å²) in [5.41, 5.74) is -0.0849. The van der Waals surface area contributed by atoms with Gasteiger partial charge in [-0.1, -0.05) is 23.4 Å². The van der Waals surface area contributed by atoms with E-state index in [9.17, 15) is 14.9 Å². The number of rotatable bonds is 9. The van der Waals surface area contributed by atoms with Crippen LogP contribution in [0.2, 0.25) is 0 Å². The summed E-state index contributed by atoms with van der Waals surface area (Å²) in [6.45, 7) is 7.14. The molecule has 0 N–H and O–H groups in total. The van der Waals surface area contributed by atoms with Crippen LogP contribution in [-0.2, 0) is 4.74 Å². The molecule has 0 atom stereocenters. The lowest BCUT2D eigenvalue weighted by Crippen LogP contribution is -2.12. The first kappa shape index (κ1) is 18.8. The van der Waals surface area contributed by atoms with Gasteiger partial charge in [-0.25, -0.2) is 4.79 Å². The van der Waals surface area contributed by atoms with Crippen LogP contribution in [0.25, 0.3) is 0 Å². The lowest BCUT2D eigenvalue weighted by Gasteiger charge is -2.05. The molecule has 0 aliphatic carbocycles. The van der Waals surface area contributed by atoms with Crippen LogP contribution < -0.4 is 4.74 Å². The van der Waals surface area contributed by atoms with Gasteiger partial charge in [-0.3, -0.25) is 15.1 Å². The van der Waals surface area contributed by atoms with Crippen LogP contribution in [-0.4, -0.2) is 30.2 Å². The predicted octanol–water partition coefficient (Wildman–Crippen LogP) is 4.22. The molecule has 0 radical (unpaired) electrons. The molecule has 0 aliphatic heterocycles. The molecular formula is C14H14N2O5S2. The third-order valence-electron chi connectivity index (χ3n) is 2.20. The molecule has 0 spiro atoms. The molecule has 1 aromatic carbocycles. The number of nitrogens with zero attached hydrogens (tertiary/aromatic N) is 2. The molecule has 1 rings (SSSR count). The Bertz CT molecular complexity index is 602. The van der Waals surface area contributed by atoms with Gasteiger partial charge in [-0.05, 0) is 35.7 Å². The van der Waals surface area contributed by atoms with Gasteiger partial charge in [0, 0.05) is 17.9 Å². The van der Waals surface area contributed by atoms with Crippen molar-refractivity contribution in [2.45, 2.75) is 0 Å². The van der Waals surface area contributed by atoms with Crippen molar-refractivity contribution in [3.05, 3.63) is 58.1 Å². The first-order valence-corrected chi connectivity index (χ1v) is 8.56. The largest absolute Gasteiger partial charge is 0.513 e. The fourth-order valence-electron chi connectivity index (χ4n) is 1.23. The highest BCUT2D eigenvalue weighted by atomic mass is 33.1. The van der Waals surface area contributed by atoms with Crippen LogP contribution in [0, 0.1) is 10.1 Å². The van der Waals surface area contributed by atoms with Crippen molar-refractivity contribution in [3.8, 4) is 5.75 Å². The smallest absolute Gasteiger partial charge is 0.433 e. The van der Waals surface area contributed by atoms with Crippen LogP contribution >= 0.6 is 21.6 Å². The predicted molar refractivity (Wildman–Crippen MR) is 93.0 cm³/mol. The third kappa shape index (κ3) is 7.52. The van der Waals surface area contributed by atoms with Crippen LogP contribution in [0.1, 0.15) is 0 Å².